The van der Waals surface area contributed by atoms with Crippen LogP contribution in [-0.4, -0.2) is 4.57 Å². The largest absolute Gasteiger partial charge is 0.243 e. The fourth-order valence-electron chi connectivity index (χ4n) is 0.991. The fraction of sp³-hybridized carbons (Fsp3) is 0.667. The Morgan fingerprint density at radius 2 is 2.09 bits per heavy atom. The van der Waals surface area contributed by atoms with Crippen LogP contribution >= 0.6 is 0 Å². The van der Waals surface area contributed by atoms with Crippen LogP contribution in [0.5, 0.6) is 0 Å². The van der Waals surface area contributed by atoms with Crippen molar-refractivity contribution in [3.63, 3.8) is 0 Å². The molecule has 0 unspecified atom stereocenters. The van der Waals surface area contributed by atoms with E-state index in [9.17, 15) is 0 Å². The zero-order valence-electron chi connectivity index (χ0n) is 7.83. The average molecular weight is 153 g/mol. The predicted molar refractivity (Wildman–Crippen MR) is 45.2 cm³/mol. The van der Waals surface area contributed by atoms with Crippen molar-refractivity contribution in [2.75, 3.05) is 0 Å². The molecule has 0 radical (unpaired) electrons. The van der Waals surface area contributed by atoms with Crippen LogP contribution in [0.25, 0.3) is 0 Å². The van der Waals surface area contributed by atoms with Gasteiger partial charge in [0.15, 0.2) is 0 Å². The van der Waals surface area contributed by atoms with Crippen molar-refractivity contribution >= 4 is 0 Å². The molecule has 1 aromatic rings. The van der Waals surface area contributed by atoms with Gasteiger partial charge in [0.25, 0.3) is 0 Å². The maximum atomic E-state index is 2.24. The quantitative estimate of drug-likeness (QED) is 0.569. The van der Waals surface area contributed by atoms with Crippen molar-refractivity contribution < 1.29 is 4.57 Å². The Kier molecular flexibility index (Phi) is 2.03. The summed E-state index contributed by atoms with van der Waals surface area (Å²) >= 11 is 0. The smallest absolute Gasteiger partial charge is 0.240 e. The molecule has 1 aromatic heterocycles. The summed E-state index contributed by atoms with van der Waals surface area (Å²) in [4.78, 5) is 0. The van der Waals surface area contributed by atoms with Gasteiger partial charge in [-0.15, -0.1) is 0 Å². The third kappa shape index (κ3) is 1.62. The maximum absolute atomic E-state index is 2.24. The van der Waals surface area contributed by atoms with Crippen LogP contribution in [0.15, 0.2) is 18.7 Å². The zero-order chi connectivity index (χ0) is 8.48. The number of aromatic nitrogens is 2. The number of hydrogen-bond donors (Lipinski definition) is 0. The van der Waals surface area contributed by atoms with Gasteiger partial charge in [-0.2, -0.15) is 0 Å². The highest BCUT2D eigenvalue weighted by molar-refractivity contribution is 4.80. The van der Waals surface area contributed by atoms with Gasteiger partial charge < -0.3 is 0 Å². The van der Waals surface area contributed by atoms with E-state index in [1.807, 2.05) is 7.05 Å². The molecule has 0 aromatic carbocycles. The van der Waals surface area contributed by atoms with Crippen LogP contribution < -0.4 is 4.57 Å². The molecule has 0 saturated carbocycles. The molecular weight excluding hydrogens is 136 g/mol. The highest BCUT2D eigenvalue weighted by Crippen LogP contribution is 2.17. The molecule has 0 amide bonds. The first-order chi connectivity index (χ1) is 5.06. The molecule has 2 nitrogen and oxygen atoms in total. The minimum absolute atomic E-state index is 0.251. The van der Waals surface area contributed by atoms with E-state index in [4.69, 9.17) is 0 Å². The Bertz CT molecular complexity index is 235. The van der Waals surface area contributed by atoms with E-state index in [1.165, 1.54) is 0 Å². The predicted octanol–water partition coefficient (Wildman–Crippen LogP) is 1.46. The zero-order valence-corrected chi connectivity index (χ0v) is 7.83. The molecule has 0 aliphatic carbocycles. The molecule has 0 aliphatic heterocycles. The van der Waals surface area contributed by atoms with Crippen molar-refractivity contribution in [3.05, 3.63) is 18.7 Å². The number of hydrogen-bond acceptors (Lipinski definition) is 0. The Hall–Kier alpha value is -0.790. The van der Waals surface area contributed by atoms with Crippen molar-refractivity contribution in [3.8, 4) is 0 Å². The summed E-state index contributed by atoms with van der Waals surface area (Å²) in [6.45, 7) is 6.69. The van der Waals surface area contributed by atoms with Crippen LogP contribution in [0.3, 0.4) is 0 Å². The third-order valence-electron chi connectivity index (χ3n) is 2.33. The summed E-state index contributed by atoms with van der Waals surface area (Å²) in [6.07, 6.45) is 7.45. The van der Waals surface area contributed by atoms with E-state index in [0.29, 0.717) is 0 Å². The summed E-state index contributed by atoms with van der Waals surface area (Å²) in [5.74, 6) is 0. The standard InChI is InChI=1S/C9H17N2/c1-5-9(2,3)11-7-6-10(4)8-11/h6-8H,5H2,1-4H3/q+1. The molecule has 0 aliphatic rings. The molecule has 11 heavy (non-hydrogen) atoms. The van der Waals surface area contributed by atoms with E-state index < -0.39 is 0 Å². The molecule has 0 spiro atoms. The number of nitrogens with zero attached hydrogens (tertiary/aromatic N) is 2. The van der Waals surface area contributed by atoms with Gasteiger partial charge >= 0.3 is 0 Å². The summed E-state index contributed by atoms with van der Waals surface area (Å²) < 4.78 is 4.31. The van der Waals surface area contributed by atoms with Crippen molar-refractivity contribution in [1.29, 1.82) is 0 Å². The van der Waals surface area contributed by atoms with E-state index in [0.717, 1.165) is 6.42 Å². The van der Waals surface area contributed by atoms with Gasteiger partial charge in [-0.05, 0) is 20.3 Å². The van der Waals surface area contributed by atoms with E-state index in [-0.39, 0.29) is 5.54 Å². The average Bonchev–Trinajstić information content (AvgIpc) is 2.36. The topological polar surface area (TPSA) is 8.81 Å². The number of aryl methyl sites for hydroxylation is 1. The molecule has 0 N–H and O–H groups in total. The lowest BCUT2D eigenvalue weighted by Gasteiger charge is -2.18. The van der Waals surface area contributed by atoms with E-state index in [1.54, 1.807) is 0 Å². The lowest BCUT2D eigenvalue weighted by molar-refractivity contribution is -0.671. The Labute approximate surface area is 68.5 Å². The molecule has 0 atom stereocenters. The second-order valence-corrected chi connectivity index (χ2v) is 3.65. The lowest BCUT2D eigenvalue weighted by atomic mass is 10.0. The van der Waals surface area contributed by atoms with Gasteiger partial charge in [-0.25, -0.2) is 9.13 Å². The minimum atomic E-state index is 0.251. The Balaban J connectivity index is 2.92. The van der Waals surface area contributed by atoms with Gasteiger partial charge in [-0.1, -0.05) is 6.92 Å². The second kappa shape index (κ2) is 2.68. The minimum Gasteiger partial charge on any atom is -0.240 e. The van der Waals surface area contributed by atoms with Crippen molar-refractivity contribution in [1.82, 2.24) is 4.57 Å². The lowest BCUT2D eigenvalue weighted by Crippen LogP contribution is -2.29. The van der Waals surface area contributed by atoms with Gasteiger partial charge in [-0.3, -0.25) is 0 Å². The van der Waals surface area contributed by atoms with Crippen LogP contribution in [0.1, 0.15) is 27.2 Å². The van der Waals surface area contributed by atoms with Crippen molar-refractivity contribution in [2.24, 2.45) is 7.05 Å². The number of imidazole rings is 1. The van der Waals surface area contributed by atoms with Crippen LogP contribution in [0.2, 0.25) is 0 Å². The molecular formula is C9H17N2+. The van der Waals surface area contributed by atoms with E-state index in [2.05, 4.69) is 48.6 Å². The number of rotatable bonds is 2. The first-order valence-corrected chi connectivity index (χ1v) is 4.10. The molecule has 0 saturated heterocycles. The van der Waals surface area contributed by atoms with Crippen molar-refractivity contribution in [2.45, 2.75) is 32.7 Å². The van der Waals surface area contributed by atoms with Crippen LogP contribution in [0, 0.1) is 0 Å². The van der Waals surface area contributed by atoms with Gasteiger partial charge in [0.2, 0.25) is 6.33 Å². The molecule has 1 rings (SSSR count). The van der Waals surface area contributed by atoms with Gasteiger partial charge in [0.1, 0.15) is 17.9 Å². The summed E-state index contributed by atoms with van der Waals surface area (Å²) in [7, 11) is 2.04. The first kappa shape index (κ1) is 8.31. The summed E-state index contributed by atoms with van der Waals surface area (Å²) in [5, 5.41) is 0. The molecule has 2 heteroatoms. The Morgan fingerprint density at radius 3 is 2.45 bits per heavy atom. The maximum Gasteiger partial charge on any atom is 0.243 e. The summed E-state index contributed by atoms with van der Waals surface area (Å²) in [5.41, 5.74) is 0.251. The molecule has 0 fully saturated rings. The summed E-state index contributed by atoms with van der Waals surface area (Å²) in [6, 6.07) is 0. The van der Waals surface area contributed by atoms with Crippen LogP contribution in [-0.2, 0) is 12.6 Å². The first-order valence-electron chi connectivity index (χ1n) is 4.10. The van der Waals surface area contributed by atoms with Gasteiger partial charge in [0, 0.05) is 0 Å². The second-order valence-electron chi connectivity index (χ2n) is 3.65. The van der Waals surface area contributed by atoms with Crippen LogP contribution in [0.4, 0.5) is 0 Å². The SMILES string of the molecule is CCC(C)(C)n1cc[n+](C)c1. The monoisotopic (exact) mass is 153 g/mol. The molecule has 1 heterocycles. The van der Waals surface area contributed by atoms with Gasteiger partial charge in [0.05, 0.1) is 7.05 Å². The Morgan fingerprint density at radius 1 is 1.45 bits per heavy atom. The van der Waals surface area contributed by atoms with E-state index >= 15 is 0 Å². The third-order valence-corrected chi connectivity index (χ3v) is 2.33. The molecule has 0 bridgehead atoms. The highest BCUT2D eigenvalue weighted by atomic mass is 15.1. The normalized spacial score (nSPS) is 12.0. The fourth-order valence-corrected chi connectivity index (χ4v) is 0.991. The highest BCUT2D eigenvalue weighted by Gasteiger charge is 2.22. The molecule has 62 valence electrons.